The summed E-state index contributed by atoms with van der Waals surface area (Å²) in [6.45, 7) is 2.03. The molecule has 0 aliphatic carbocycles. The second kappa shape index (κ2) is 4.64. The number of hydrogen-bond donors (Lipinski definition) is 1. The van der Waals surface area contributed by atoms with Crippen molar-refractivity contribution in [1.29, 1.82) is 0 Å². The summed E-state index contributed by atoms with van der Waals surface area (Å²) in [5.41, 5.74) is 0.0900. The van der Waals surface area contributed by atoms with Crippen LogP contribution in [0.4, 0.5) is 4.79 Å². The Labute approximate surface area is 81.6 Å². The van der Waals surface area contributed by atoms with E-state index >= 15 is 0 Å². The number of carbonyl (C=O) groups is 3. The van der Waals surface area contributed by atoms with Gasteiger partial charge in [0, 0.05) is 0 Å². The van der Waals surface area contributed by atoms with Crippen LogP contribution >= 0.6 is 0 Å². The lowest BCUT2D eigenvalue weighted by Gasteiger charge is -2.09. The summed E-state index contributed by atoms with van der Waals surface area (Å²) >= 11 is 0. The van der Waals surface area contributed by atoms with Gasteiger partial charge in [-0.05, 0) is 12.8 Å². The van der Waals surface area contributed by atoms with E-state index in [1.165, 1.54) is 0 Å². The molecule has 5 heteroatoms. The fourth-order valence-corrected chi connectivity index (χ4v) is 1.20. The lowest BCUT2D eigenvalue weighted by atomic mass is 10.1. The Balaban J connectivity index is 2.61. The molecule has 0 saturated heterocycles. The van der Waals surface area contributed by atoms with Crippen LogP contribution in [0.2, 0.25) is 0 Å². The molecule has 0 radical (unpaired) electrons. The molecule has 1 rings (SSSR count). The lowest BCUT2D eigenvalue weighted by Crippen LogP contribution is -2.43. The molecule has 1 aliphatic heterocycles. The summed E-state index contributed by atoms with van der Waals surface area (Å²) in [7, 11) is 0. The molecule has 0 atom stereocenters. The van der Waals surface area contributed by atoms with E-state index in [0.29, 0.717) is 6.42 Å². The van der Waals surface area contributed by atoms with Gasteiger partial charge in [0.2, 0.25) is 0 Å². The second-order valence-electron chi connectivity index (χ2n) is 3.10. The van der Waals surface area contributed by atoms with Crippen LogP contribution in [0.5, 0.6) is 0 Å². The van der Waals surface area contributed by atoms with Gasteiger partial charge in [-0.15, -0.1) is 0 Å². The van der Waals surface area contributed by atoms with E-state index in [2.05, 4.69) is 4.99 Å². The Bertz CT molecular complexity index is 307. The van der Waals surface area contributed by atoms with E-state index in [4.69, 9.17) is 0 Å². The minimum Gasteiger partial charge on any atom is -0.282 e. The molecule has 1 heterocycles. The van der Waals surface area contributed by atoms with Crippen molar-refractivity contribution in [2.75, 3.05) is 0 Å². The minimum absolute atomic E-state index is 0.0900. The monoisotopic (exact) mass is 196 g/mol. The Morgan fingerprint density at radius 3 is 2.57 bits per heavy atom. The fraction of sp³-hybridized carbons (Fsp3) is 0.556. The highest BCUT2D eigenvalue weighted by Gasteiger charge is 2.27. The third-order valence-electron chi connectivity index (χ3n) is 1.94. The van der Waals surface area contributed by atoms with Gasteiger partial charge < -0.3 is 0 Å². The number of nitrogens with one attached hydrogen (secondary N) is 1. The summed E-state index contributed by atoms with van der Waals surface area (Å²) in [5, 5.41) is 1.83. The van der Waals surface area contributed by atoms with Gasteiger partial charge in [-0.25, -0.2) is 4.79 Å². The first-order valence-corrected chi connectivity index (χ1v) is 4.62. The van der Waals surface area contributed by atoms with Crippen LogP contribution in [0.25, 0.3) is 0 Å². The maximum absolute atomic E-state index is 11.2. The van der Waals surface area contributed by atoms with Crippen LogP contribution < -0.4 is 5.32 Å². The Hall–Kier alpha value is -1.52. The van der Waals surface area contributed by atoms with Crippen LogP contribution in [-0.4, -0.2) is 23.4 Å². The Morgan fingerprint density at radius 2 is 1.93 bits per heavy atom. The van der Waals surface area contributed by atoms with Gasteiger partial charge >= 0.3 is 11.9 Å². The predicted octanol–water partition coefficient (Wildman–Crippen LogP) is 0.827. The molecular weight excluding hydrogens is 184 g/mol. The number of urea groups is 1. The van der Waals surface area contributed by atoms with E-state index in [9.17, 15) is 14.4 Å². The summed E-state index contributed by atoms with van der Waals surface area (Å²) in [4.78, 5) is 36.3. The van der Waals surface area contributed by atoms with Crippen LogP contribution in [0.15, 0.2) is 4.99 Å². The predicted molar refractivity (Wildman–Crippen MR) is 50.1 cm³/mol. The highest BCUT2D eigenvalue weighted by molar-refractivity contribution is 6.67. The molecule has 1 aliphatic rings. The topological polar surface area (TPSA) is 75.6 Å². The number of nitrogens with zero attached hydrogens (tertiary/aromatic N) is 1. The molecule has 0 spiro atoms. The molecule has 0 aromatic heterocycles. The average Bonchev–Trinajstić information content (AvgIpc) is 2.13. The van der Waals surface area contributed by atoms with Gasteiger partial charge in [-0.3, -0.25) is 14.9 Å². The number of Topliss-reactive ketones (excluding diaryl/α,β-unsaturated/α-hetero) is 1. The molecule has 1 N–H and O–H groups in total. The quantitative estimate of drug-likeness (QED) is 0.534. The maximum Gasteiger partial charge on any atom is 0.348 e. The zero-order valence-electron chi connectivity index (χ0n) is 8.00. The zero-order valence-corrected chi connectivity index (χ0v) is 8.00. The summed E-state index contributed by atoms with van der Waals surface area (Å²) < 4.78 is 0. The molecule has 0 bridgehead atoms. The number of rotatable bonds is 4. The fourth-order valence-electron chi connectivity index (χ4n) is 1.20. The smallest absolute Gasteiger partial charge is 0.282 e. The number of carbonyl (C=O) groups excluding carboxylic acids is 3. The van der Waals surface area contributed by atoms with Crippen molar-refractivity contribution in [3.63, 3.8) is 0 Å². The van der Waals surface area contributed by atoms with Gasteiger partial charge in [0.15, 0.2) is 0 Å². The highest BCUT2D eigenvalue weighted by Crippen LogP contribution is 2.04. The molecule has 0 aromatic rings. The molecule has 14 heavy (non-hydrogen) atoms. The average molecular weight is 196 g/mol. The van der Waals surface area contributed by atoms with Crippen molar-refractivity contribution in [3.8, 4) is 0 Å². The molecule has 76 valence electrons. The van der Waals surface area contributed by atoms with Crippen LogP contribution in [0.3, 0.4) is 0 Å². The van der Waals surface area contributed by atoms with Gasteiger partial charge in [-0.1, -0.05) is 19.8 Å². The van der Waals surface area contributed by atoms with Gasteiger partial charge in [0.1, 0.15) is 0 Å². The summed E-state index contributed by atoms with van der Waals surface area (Å²) in [5.74, 6) is -1.54. The largest absolute Gasteiger partial charge is 0.348 e. The Kier molecular flexibility index (Phi) is 3.50. The van der Waals surface area contributed by atoms with Crippen molar-refractivity contribution in [2.24, 2.45) is 4.99 Å². The molecule has 0 unspecified atom stereocenters. The van der Waals surface area contributed by atoms with Crippen molar-refractivity contribution in [1.82, 2.24) is 5.32 Å². The van der Waals surface area contributed by atoms with Gasteiger partial charge in [0.05, 0.1) is 5.71 Å². The summed E-state index contributed by atoms with van der Waals surface area (Å²) in [6.07, 6.45) is 3.16. The highest BCUT2D eigenvalue weighted by atomic mass is 16.2. The SMILES string of the molecule is CCCCCC1=NC(=O)NC(=O)C1=O. The van der Waals surface area contributed by atoms with Crippen molar-refractivity contribution in [3.05, 3.63) is 0 Å². The van der Waals surface area contributed by atoms with Crippen LogP contribution in [0.1, 0.15) is 32.6 Å². The molecule has 0 fully saturated rings. The van der Waals surface area contributed by atoms with E-state index in [0.717, 1.165) is 19.3 Å². The molecule has 5 nitrogen and oxygen atoms in total. The number of hydrogen-bond acceptors (Lipinski definition) is 3. The number of aliphatic imine (C=N–C) groups is 1. The van der Waals surface area contributed by atoms with Crippen LogP contribution in [0, 0.1) is 0 Å². The molecule has 0 aromatic carbocycles. The van der Waals surface area contributed by atoms with E-state index < -0.39 is 17.7 Å². The number of imide groups is 1. The van der Waals surface area contributed by atoms with E-state index in [-0.39, 0.29) is 5.71 Å². The number of unbranched alkanes of at least 4 members (excludes halogenated alkanes) is 2. The van der Waals surface area contributed by atoms with Crippen LogP contribution in [-0.2, 0) is 9.59 Å². The third-order valence-corrected chi connectivity index (χ3v) is 1.94. The molecule has 3 amide bonds. The maximum atomic E-state index is 11.2. The van der Waals surface area contributed by atoms with Crippen molar-refractivity contribution >= 4 is 23.4 Å². The van der Waals surface area contributed by atoms with Gasteiger partial charge in [0.25, 0.3) is 5.78 Å². The Morgan fingerprint density at radius 1 is 1.21 bits per heavy atom. The van der Waals surface area contributed by atoms with Crippen molar-refractivity contribution in [2.45, 2.75) is 32.6 Å². The third kappa shape index (κ3) is 2.48. The molecular formula is C9H12N2O3. The van der Waals surface area contributed by atoms with E-state index in [1.807, 2.05) is 12.2 Å². The number of amides is 3. The first-order valence-electron chi connectivity index (χ1n) is 4.62. The normalized spacial score (nSPS) is 16.6. The number of ketones is 1. The first-order chi connectivity index (χ1) is 6.65. The first kappa shape index (κ1) is 10.6. The van der Waals surface area contributed by atoms with E-state index in [1.54, 1.807) is 0 Å². The standard InChI is InChI=1S/C9H12N2O3/c1-2-3-4-5-6-7(12)8(13)11-9(14)10-6/h2-5H2,1H3,(H,11,13,14). The lowest BCUT2D eigenvalue weighted by molar-refractivity contribution is -0.133. The molecule has 0 saturated carbocycles. The zero-order chi connectivity index (χ0) is 10.6. The summed E-state index contributed by atoms with van der Waals surface area (Å²) in [6, 6.07) is -0.735. The minimum atomic E-state index is -0.864. The second-order valence-corrected chi connectivity index (χ2v) is 3.10. The van der Waals surface area contributed by atoms with Crippen molar-refractivity contribution < 1.29 is 14.4 Å². The van der Waals surface area contributed by atoms with Gasteiger partial charge in [-0.2, -0.15) is 4.99 Å².